The van der Waals surface area contributed by atoms with Gasteiger partial charge in [-0.15, -0.1) is 0 Å². The van der Waals surface area contributed by atoms with Crippen LogP contribution in [0.4, 0.5) is 0 Å². The maximum absolute atomic E-state index is 11.5. The smallest absolute Gasteiger partial charge is 0.239 e. The topological polar surface area (TPSA) is 46.3 Å². The highest BCUT2D eigenvalue weighted by Crippen LogP contribution is 2.01. The highest BCUT2D eigenvalue weighted by Gasteiger charge is 2.16. The van der Waals surface area contributed by atoms with Gasteiger partial charge in [-0.25, -0.2) is 0 Å². The van der Waals surface area contributed by atoms with Crippen LogP contribution in [0.1, 0.15) is 19.8 Å². The molecule has 0 aromatic rings. The van der Waals surface area contributed by atoms with Crippen molar-refractivity contribution in [2.24, 2.45) is 5.73 Å². The van der Waals surface area contributed by atoms with E-state index in [1.165, 1.54) is 0 Å². The minimum atomic E-state index is -0.316. The molecule has 0 bridgehead atoms. The van der Waals surface area contributed by atoms with Crippen molar-refractivity contribution in [3.63, 3.8) is 0 Å². The van der Waals surface area contributed by atoms with Crippen molar-refractivity contribution in [2.45, 2.75) is 25.8 Å². The van der Waals surface area contributed by atoms with Crippen LogP contribution < -0.4 is 5.73 Å². The molecule has 0 spiro atoms. The van der Waals surface area contributed by atoms with Crippen LogP contribution in [-0.2, 0) is 4.79 Å². The van der Waals surface area contributed by atoms with Gasteiger partial charge >= 0.3 is 0 Å². The summed E-state index contributed by atoms with van der Waals surface area (Å²) in [5, 5.41) is 0. The fraction of sp³-hybridized carbons (Fsp3) is 0.889. The molecule has 4 heteroatoms. The van der Waals surface area contributed by atoms with Gasteiger partial charge in [-0.2, -0.15) is 11.8 Å². The summed E-state index contributed by atoms with van der Waals surface area (Å²) in [4.78, 5) is 13.2. The van der Waals surface area contributed by atoms with E-state index in [9.17, 15) is 4.79 Å². The first-order valence-electron chi connectivity index (χ1n) is 4.63. The summed E-state index contributed by atoms with van der Waals surface area (Å²) in [7, 11) is 1.81. The second kappa shape index (κ2) is 7.21. The molecule has 0 aliphatic heterocycles. The van der Waals surface area contributed by atoms with Crippen molar-refractivity contribution in [3.05, 3.63) is 0 Å². The lowest BCUT2D eigenvalue weighted by Gasteiger charge is -2.20. The number of thioether (sulfide) groups is 1. The first kappa shape index (κ1) is 12.8. The van der Waals surface area contributed by atoms with Crippen LogP contribution in [-0.4, -0.2) is 42.4 Å². The molecular formula is C9H20N2OS. The Morgan fingerprint density at radius 1 is 1.62 bits per heavy atom. The summed E-state index contributed by atoms with van der Waals surface area (Å²) in [5.41, 5.74) is 5.73. The molecule has 3 nitrogen and oxygen atoms in total. The van der Waals surface area contributed by atoms with E-state index in [1.807, 2.05) is 13.3 Å². The summed E-state index contributed by atoms with van der Waals surface area (Å²) in [6, 6.07) is -0.316. The largest absolute Gasteiger partial charge is 0.344 e. The van der Waals surface area contributed by atoms with Crippen molar-refractivity contribution in [1.82, 2.24) is 4.90 Å². The number of hydrogen-bond acceptors (Lipinski definition) is 3. The molecule has 1 atom stereocenters. The lowest BCUT2D eigenvalue weighted by Crippen LogP contribution is -2.42. The Morgan fingerprint density at radius 3 is 2.69 bits per heavy atom. The highest BCUT2D eigenvalue weighted by atomic mass is 32.2. The minimum absolute atomic E-state index is 0.0656. The third-order valence-corrected chi connectivity index (χ3v) is 2.53. The molecule has 2 N–H and O–H groups in total. The number of likely N-dealkylation sites (N-methyl/N-ethyl adjacent to an activating group) is 1. The van der Waals surface area contributed by atoms with Crippen LogP contribution in [0.3, 0.4) is 0 Å². The Labute approximate surface area is 85.0 Å². The molecule has 0 aliphatic rings. The van der Waals surface area contributed by atoms with Crippen molar-refractivity contribution < 1.29 is 4.79 Å². The summed E-state index contributed by atoms with van der Waals surface area (Å²) < 4.78 is 0. The van der Waals surface area contributed by atoms with E-state index in [1.54, 1.807) is 16.7 Å². The first-order valence-corrected chi connectivity index (χ1v) is 6.02. The van der Waals surface area contributed by atoms with Gasteiger partial charge in [-0.1, -0.05) is 6.92 Å². The Balaban J connectivity index is 3.79. The van der Waals surface area contributed by atoms with Gasteiger partial charge < -0.3 is 10.6 Å². The van der Waals surface area contributed by atoms with Gasteiger partial charge in [0.2, 0.25) is 5.91 Å². The molecule has 0 aromatic heterocycles. The number of rotatable bonds is 6. The number of nitrogens with zero attached hydrogens (tertiary/aromatic N) is 1. The summed E-state index contributed by atoms with van der Waals surface area (Å²) in [5.74, 6) is 1.02. The number of amides is 1. The number of hydrogen-bond donors (Lipinski definition) is 1. The van der Waals surface area contributed by atoms with Gasteiger partial charge in [0.25, 0.3) is 0 Å². The molecule has 13 heavy (non-hydrogen) atoms. The van der Waals surface area contributed by atoms with Crippen LogP contribution >= 0.6 is 11.8 Å². The number of nitrogens with two attached hydrogens (primary N) is 1. The first-order chi connectivity index (χ1) is 6.13. The van der Waals surface area contributed by atoms with Gasteiger partial charge in [-0.3, -0.25) is 4.79 Å². The van der Waals surface area contributed by atoms with E-state index in [4.69, 9.17) is 5.73 Å². The maximum Gasteiger partial charge on any atom is 0.239 e. The molecule has 0 saturated heterocycles. The molecule has 0 heterocycles. The van der Waals surface area contributed by atoms with E-state index < -0.39 is 0 Å². The SMILES string of the molecule is CCCN(C)C(=O)[C@@H](N)CCSC. The van der Waals surface area contributed by atoms with Crippen LogP contribution in [0, 0.1) is 0 Å². The summed E-state index contributed by atoms with van der Waals surface area (Å²) in [6.07, 6.45) is 3.78. The molecule has 0 rings (SSSR count). The highest BCUT2D eigenvalue weighted by molar-refractivity contribution is 7.98. The summed E-state index contributed by atoms with van der Waals surface area (Å²) in [6.45, 7) is 2.85. The molecule has 0 fully saturated rings. The molecule has 0 aromatic carbocycles. The fourth-order valence-corrected chi connectivity index (χ4v) is 1.59. The van der Waals surface area contributed by atoms with Crippen LogP contribution in [0.5, 0.6) is 0 Å². The average molecular weight is 204 g/mol. The molecule has 78 valence electrons. The lowest BCUT2D eigenvalue weighted by molar-refractivity contribution is -0.131. The van der Waals surface area contributed by atoms with Crippen molar-refractivity contribution >= 4 is 17.7 Å². The quantitative estimate of drug-likeness (QED) is 0.700. The van der Waals surface area contributed by atoms with Gasteiger partial charge in [-0.05, 0) is 24.9 Å². The molecular weight excluding hydrogens is 184 g/mol. The minimum Gasteiger partial charge on any atom is -0.344 e. The van der Waals surface area contributed by atoms with Gasteiger partial charge in [0.15, 0.2) is 0 Å². The number of carbonyl (C=O) groups excluding carboxylic acids is 1. The van der Waals surface area contributed by atoms with Crippen LogP contribution in [0.25, 0.3) is 0 Å². The predicted molar refractivity (Wildman–Crippen MR) is 58.9 cm³/mol. The van der Waals surface area contributed by atoms with Gasteiger partial charge in [0, 0.05) is 13.6 Å². The third kappa shape index (κ3) is 5.16. The average Bonchev–Trinajstić information content (AvgIpc) is 2.13. The Bertz CT molecular complexity index is 153. The van der Waals surface area contributed by atoms with E-state index in [2.05, 4.69) is 6.92 Å². The monoisotopic (exact) mass is 204 g/mol. The summed E-state index contributed by atoms with van der Waals surface area (Å²) >= 11 is 1.72. The van der Waals surface area contributed by atoms with E-state index >= 15 is 0 Å². The number of carbonyl (C=O) groups is 1. The predicted octanol–water partition coefficient (Wildman–Crippen LogP) is 0.935. The zero-order chi connectivity index (χ0) is 10.3. The molecule has 0 saturated carbocycles. The zero-order valence-electron chi connectivity index (χ0n) is 8.75. The Hall–Kier alpha value is -0.220. The maximum atomic E-state index is 11.5. The Kier molecular flexibility index (Phi) is 7.09. The zero-order valence-corrected chi connectivity index (χ0v) is 9.56. The van der Waals surface area contributed by atoms with Crippen molar-refractivity contribution in [1.29, 1.82) is 0 Å². The molecule has 0 aliphatic carbocycles. The normalized spacial score (nSPS) is 12.6. The van der Waals surface area contributed by atoms with E-state index in [0.29, 0.717) is 0 Å². The Morgan fingerprint density at radius 2 is 2.23 bits per heavy atom. The van der Waals surface area contributed by atoms with Gasteiger partial charge in [0.1, 0.15) is 0 Å². The molecule has 1 amide bonds. The molecule has 0 unspecified atom stereocenters. The van der Waals surface area contributed by atoms with Crippen molar-refractivity contribution in [2.75, 3.05) is 25.6 Å². The van der Waals surface area contributed by atoms with E-state index in [-0.39, 0.29) is 11.9 Å². The van der Waals surface area contributed by atoms with Crippen LogP contribution in [0.2, 0.25) is 0 Å². The lowest BCUT2D eigenvalue weighted by atomic mass is 10.2. The van der Waals surface area contributed by atoms with Crippen molar-refractivity contribution in [3.8, 4) is 0 Å². The second-order valence-electron chi connectivity index (χ2n) is 3.15. The van der Waals surface area contributed by atoms with E-state index in [0.717, 1.165) is 25.1 Å². The van der Waals surface area contributed by atoms with Gasteiger partial charge in [0.05, 0.1) is 6.04 Å². The molecule has 0 radical (unpaired) electrons. The fourth-order valence-electron chi connectivity index (χ4n) is 1.10. The third-order valence-electron chi connectivity index (χ3n) is 1.89. The van der Waals surface area contributed by atoms with Crippen LogP contribution in [0.15, 0.2) is 0 Å². The standard InChI is InChI=1S/C9H20N2OS/c1-4-6-11(2)9(12)8(10)5-7-13-3/h8H,4-7,10H2,1-3H3/t8-/m0/s1. The second-order valence-corrected chi connectivity index (χ2v) is 4.13.